The van der Waals surface area contributed by atoms with E-state index in [9.17, 15) is 0 Å². The van der Waals surface area contributed by atoms with Gasteiger partial charge in [0.05, 0.1) is 12.7 Å². The van der Waals surface area contributed by atoms with E-state index in [1.807, 2.05) is 6.07 Å². The Morgan fingerprint density at radius 2 is 2.06 bits per heavy atom. The third-order valence-electron chi connectivity index (χ3n) is 2.42. The molecule has 0 atom stereocenters. The third-order valence-corrected chi connectivity index (χ3v) is 2.42. The molecule has 2 rings (SSSR count). The predicted octanol–water partition coefficient (Wildman–Crippen LogP) is 1.33. The zero-order valence-electron chi connectivity index (χ0n) is 10.1. The van der Waals surface area contributed by atoms with E-state index in [0.29, 0.717) is 6.54 Å². The lowest BCUT2D eigenvalue weighted by molar-refractivity contribution is 0.877. The van der Waals surface area contributed by atoms with Gasteiger partial charge in [0, 0.05) is 18.2 Å². The molecule has 0 bridgehead atoms. The van der Waals surface area contributed by atoms with Crippen molar-refractivity contribution in [2.24, 2.45) is 0 Å². The molecule has 0 spiro atoms. The Labute approximate surface area is 99.9 Å². The van der Waals surface area contributed by atoms with Crippen molar-refractivity contribution in [1.29, 1.82) is 0 Å². The maximum atomic E-state index is 4.43. The largest absolute Gasteiger partial charge is 0.364 e. The number of nitrogens with one attached hydrogen (secondary N) is 2. The number of nitrogens with zero attached hydrogens (tertiary/aromatic N) is 4. The van der Waals surface area contributed by atoms with Gasteiger partial charge in [-0.2, -0.15) is 15.4 Å². The smallest absolute Gasteiger partial charge is 0.130 e. The first-order valence-electron chi connectivity index (χ1n) is 5.77. The molecule has 0 amide bonds. The highest BCUT2D eigenvalue weighted by Crippen LogP contribution is 2.09. The number of rotatable bonds is 5. The molecule has 0 saturated heterocycles. The van der Waals surface area contributed by atoms with Crippen LogP contribution in [0.5, 0.6) is 0 Å². The van der Waals surface area contributed by atoms with Crippen molar-refractivity contribution in [2.75, 3.05) is 5.32 Å². The van der Waals surface area contributed by atoms with Gasteiger partial charge in [-0.25, -0.2) is 9.97 Å². The van der Waals surface area contributed by atoms with Gasteiger partial charge in [0.25, 0.3) is 0 Å². The summed E-state index contributed by atoms with van der Waals surface area (Å²) in [5.41, 5.74) is 1.92. The average molecular weight is 232 g/mol. The minimum Gasteiger partial charge on any atom is -0.364 e. The lowest BCUT2D eigenvalue weighted by Gasteiger charge is -2.07. The van der Waals surface area contributed by atoms with E-state index in [1.165, 1.54) is 0 Å². The quantitative estimate of drug-likeness (QED) is 0.813. The van der Waals surface area contributed by atoms with Crippen LogP contribution in [0.1, 0.15) is 31.1 Å². The fourth-order valence-corrected chi connectivity index (χ4v) is 1.47. The summed E-state index contributed by atoms with van der Waals surface area (Å²) in [5.74, 6) is 1.71. The van der Waals surface area contributed by atoms with Gasteiger partial charge in [0.15, 0.2) is 0 Å². The summed E-state index contributed by atoms with van der Waals surface area (Å²) in [7, 11) is 0. The van der Waals surface area contributed by atoms with Crippen molar-refractivity contribution >= 4 is 5.82 Å². The molecule has 2 aromatic heterocycles. The minimum atomic E-state index is 0.611. The second-order valence-corrected chi connectivity index (χ2v) is 3.68. The summed E-state index contributed by atoms with van der Waals surface area (Å²) in [5, 5.41) is 13.5. The highest BCUT2D eigenvalue weighted by molar-refractivity contribution is 5.36. The van der Waals surface area contributed by atoms with E-state index in [2.05, 4.69) is 44.5 Å². The Morgan fingerprint density at radius 1 is 1.18 bits per heavy atom. The number of hydrogen-bond donors (Lipinski definition) is 2. The van der Waals surface area contributed by atoms with E-state index in [4.69, 9.17) is 0 Å². The monoisotopic (exact) mass is 232 g/mol. The van der Waals surface area contributed by atoms with Crippen molar-refractivity contribution in [2.45, 2.75) is 33.2 Å². The van der Waals surface area contributed by atoms with Crippen LogP contribution in [0.4, 0.5) is 5.82 Å². The Balaban J connectivity index is 2.09. The zero-order valence-corrected chi connectivity index (χ0v) is 10.1. The molecule has 6 heteroatoms. The second kappa shape index (κ2) is 5.38. The molecule has 2 heterocycles. The molecule has 0 aliphatic heterocycles. The molecule has 17 heavy (non-hydrogen) atoms. The standard InChI is InChI=1S/C11H16N6/c1-3-8-5-11(15-10(4-2)14-8)12-6-9-7-13-17-16-9/h5,7H,3-4,6H2,1-2H3,(H,12,14,15)(H,13,16,17). The number of hydrogen-bond acceptors (Lipinski definition) is 5. The highest BCUT2D eigenvalue weighted by atomic mass is 15.3. The summed E-state index contributed by atoms with van der Waals surface area (Å²) in [6.45, 7) is 4.75. The van der Waals surface area contributed by atoms with Crippen molar-refractivity contribution in [1.82, 2.24) is 25.4 Å². The number of aryl methyl sites for hydroxylation is 2. The Kier molecular flexibility index (Phi) is 3.64. The zero-order chi connectivity index (χ0) is 12.1. The van der Waals surface area contributed by atoms with Crippen LogP contribution in [0.25, 0.3) is 0 Å². The van der Waals surface area contributed by atoms with Gasteiger partial charge in [-0.05, 0) is 6.42 Å². The van der Waals surface area contributed by atoms with Gasteiger partial charge in [-0.3, -0.25) is 0 Å². The molecule has 0 aliphatic carbocycles. The number of anilines is 1. The molecule has 2 aromatic rings. The van der Waals surface area contributed by atoms with Gasteiger partial charge >= 0.3 is 0 Å². The molecule has 0 fully saturated rings. The topological polar surface area (TPSA) is 79.4 Å². The van der Waals surface area contributed by atoms with E-state index < -0.39 is 0 Å². The lowest BCUT2D eigenvalue weighted by Crippen LogP contribution is -2.06. The molecule has 0 aromatic carbocycles. The van der Waals surface area contributed by atoms with Gasteiger partial charge in [-0.15, -0.1) is 0 Å². The molecular formula is C11H16N6. The first kappa shape index (κ1) is 11.5. The van der Waals surface area contributed by atoms with Crippen molar-refractivity contribution in [3.05, 3.63) is 29.5 Å². The summed E-state index contributed by atoms with van der Waals surface area (Å²) in [6, 6.07) is 1.97. The summed E-state index contributed by atoms with van der Waals surface area (Å²) in [6.07, 6.45) is 3.44. The highest BCUT2D eigenvalue weighted by Gasteiger charge is 2.03. The first-order chi connectivity index (χ1) is 8.31. The van der Waals surface area contributed by atoms with Crippen LogP contribution in [-0.4, -0.2) is 25.4 Å². The Hall–Kier alpha value is -1.98. The minimum absolute atomic E-state index is 0.611. The average Bonchev–Trinajstić information content (AvgIpc) is 2.89. The Morgan fingerprint density at radius 3 is 2.71 bits per heavy atom. The van der Waals surface area contributed by atoms with Crippen LogP contribution in [0.2, 0.25) is 0 Å². The van der Waals surface area contributed by atoms with Gasteiger partial charge in [-0.1, -0.05) is 13.8 Å². The van der Waals surface area contributed by atoms with E-state index in [0.717, 1.165) is 35.9 Å². The SMILES string of the molecule is CCc1cc(NCc2cn[nH]n2)nc(CC)n1. The molecule has 0 aliphatic rings. The lowest BCUT2D eigenvalue weighted by atomic mass is 10.3. The van der Waals surface area contributed by atoms with Gasteiger partial charge in [0.1, 0.15) is 17.3 Å². The van der Waals surface area contributed by atoms with E-state index in [-0.39, 0.29) is 0 Å². The van der Waals surface area contributed by atoms with Crippen LogP contribution in [0, 0.1) is 0 Å². The maximum Gasteiger partial charge on any atom is 0.130 e. The van der Waals surface area contributed by atoms with Gasteiger partial charge < -0.3 is 5.32 Å². The van der Waals surface area contributed by atoms with Crippen LogP contribution in [-0.2, 0) is 19.4 Å². The number of H-pyrrole nitrogens is 1. The maximum absolute atomic E-state index is 4.43. The van der Waals surface area contributed by atoms with E-state index >= 15 is 0 Å². The Bertz CT molecular complexity index is 443. The molecule has 90 valence electrons. The summed E-state index contributed by atoms with van der Waals surface area (Å²) < 4.78 is 0. The molecular weight excluding hydrogens is 216 g/mol. The first-order valence-corrected chi connectivity index (χ1v) is 5.77. The summed E-state index contributed by atoms with van der Waals surface area (Å²) >= 11 is 0. The number of aromatic amines is 1. The van der Waals surface area contributed by atoms with Crippen LogP contribution >= 0.6 is 0 Å². The van der Waals surface area contributed by atoms with Crippen LogP contribution in [0.3, 0.4) is 0 Å². The van der Waals surface area contributed by atoms with Crippen molar-refractivity contribution in [3.63, 3.8) is 0 Å². The molecule has 0 unspecified atom stereocenters. The number of aromatic nitrogens is 5. The normalized spacial score (nSPS) is 10.5. The summed E-state index contributed by atoms with van der Waals surface area (Å²) in [4.78, 5) is 8.85. The fraction of sp³-hybridized carbons (Fsp3) is 0.455. The van der Waals surface area contributed by atoms with Crippen molar-refractivity contribution in [3.8, 4) is 0 Å². The molecule has 0 saturated carbocycles. The predicted molar refractivity (Wildman–Crippen MR) is 64.5 cm³/mol. The van der Waals surface area contributed by atoms with Crippen LogP contribution < -0.4 is 5.32 Å². The second-order valence-electron chi connectivity index (χ2n) is 3.68. The van der Waals surface area contributed by atoms with Crippen molar-refractivity contribution < 1.29 is 0 Å². The molecule has 6 nitrogen and oxygen atoms in total. The van der Waals surface area contributed by atoms with E-state index in [1.54, 1.807) is 6.20 Å². The molecule has 2 N–H and O–H groups in total. The van der Waals surface area contributed by atoms with Crippen LogP contribution in [0.15, 0.2) is 12.3 Å². The molecule has 0 radical (unpaired) electrons. The van der Waals surface area contributed by atoms with Gasteiger partial charge in [0.2, 0.25) is 0 Å². The third kappa shape index (κ3) is 2.99. The fourth-order valence-electron chi connectivity index (χ4n) is 1.47.